The number of carbonyl (C=O) groups excluding carboxylic acids is 1. The normalized spacial score (nSPS) is 10.6. The van der Waals surface area contributed by atoms with E-state index < -0.39 is 0 Å². The third-order valence-electron chi connectivity index (χ3n) is 3.17. The van der Waals surface area contributed by atoms with Crippen molar-refractivity contribution in [3.05, 3.63) is 71.8 Å². The number of rotatable bonds is 2. The fraction of sp³-hybridized carbons (Fsp3) is 0.0625. The Kier molecular flexibility index (Phi) is 2.80. The number of benzene rings is 1. The molecule has 2 heterocycles. The molecule has 0 aliphatic heterocycles. The lowest BCUT2D eigenvalue weighted by Crippen LogP contribution is -2.07. The summed E-state index contributed by atoms with van der Waals surface area (Å²) in [4.78, 5) is 20.8. The van der Waals surface area contributed by atoms with E-state index in [-0.39, 0.29) is 5.78 Å². The highest BCUT2D eigenvalue weighted by atomic mass is 16.1. The minimum Gasteiger partial charge on any atom is -0.287 e. The third kappa shape index (κ3) is 1.99. The van der Waals surface area contributed by atoms with Crippen LogP contribution < -0.4 is 0 Å². The van der Waals surface area contributed by atoms with Gasteiger partial charge in [0.15, 0.2) is 0 Å². The SMILES string of the molecule is Cc1ccncc1C(=O)c1nccc2ccccc12. The Balaban J connectivity index is 2.20. The fourth-order valence-electron chi connectivity index (χ4n) is 2.13. The van der Waals surface area contributed by atoms with Gasteiger partial charge in [-0.3, -0.25) is 14.8 Å². The van der Waals surface area contributed by atoms with E-state index in [1.807, 2.05) is 43.3 Å². The van der Waals surface area contributed by atoms with Crippen molar-refractivity contribution < 1.29 is 4.79 Å². The lowest BCUT2D eigenvalue weighted by molar-refractivity contribution is 0.103. The first kappa shape index (κ1) is 11.5. The van der Waals surface area contributed by atoms with Gasteiger partial charge >= 0.3 is 0 Å². The first-order valence-corrected chi connectivity index (χ1v) is 6.06. The van der Waals surface area contributed by atoms with Crippen molar-refractivity contribution >= 4 is 16.6 Å². The monoisotopic (exact) mass is 248 g/mol. The van der Waals surface area contributed by atoms with Crippen molar-refractivity contribution in [3.8, 4) is 0 Å². The van der Waals surface area contributed by atoms with Gasteiger partial charge in [0, 0.05) is 29.5 Å². The molecule has 2 aromatic heterocycles. The maximum Gasteiger partial charge on any atom is 0.213 e. The summed E-state index contributed by atoms with van der Waals surface area (Å²) < 4.78 is 0. The molecular formula is C16H12N2O. The van der Waals surface area contributed by atoms with Crippen molar-refractivity contribution in [1.29, 1.82) is 0 Å². The van der Waals surface area contributed by atoms with Crippen LogP contribution in [0, 0.1) is 6.92 Å². The molecule has 0 radical (unpaired) electrons. The van der Waals surface area contributed by atoms with Crippen LogP contribution in [0.3, 0.4) is 0 Å². The predicted molar refractivity (Wildman–Crippen MR) is 74.1 cm³/mol. The van der Waals surface area contributed by atoms with E-state index in [0.717, 1.165) is 16.3 Å². The molecule has 3 rings (SSSR count). The molecule has 1 aromatic carbocycles. The zero-order chi connectivity index (χ0) is 13.2. The third-order valence-corrected chi connectivity index (χ3v) is 3.17. The van der Waals surface area contributed by atoms with E-state index in [1.165, 1.54) is 0 Å². The van der Waals surface area contributed by atoms with Crippen LogP contribution in [-0.4, -0.2) is 15.8 Å². The van der Waals surface area contributed by atoms with Gasteiger partial charge in [-0.1, -0.05) is 24.3 Å². The first-order chi connectivity index (χ1) is 9.27. The summed E-state index contributed by atoms with van der Waals surface area (Å²) in [6.45, 7) is 1.90. The summed E-state index contributed by atoms with van der Waals surface area (Å²) in [7, 11) is 0. The Morgan fingerprint density at radius 2 is 1.89 bits per heavy atom. The second-order valence-corrected chi connectivity index (χ2v) is 4.40. The number of hydrogen-bond donors (Lipinski definition) is 0. The fourth-order valence-corrected chi connectivity index (χ4v) is 2.13. The van der Waals surface area contributed by atoms with Gasteiger partial charge in [-0.25, -0.2) is 0 Å². The van der Waals surface area contributed by atoms with Crippen LogP contribution in [0.25, 0.3) is 10.8 Å². The van der Waals surface area contributed by atoms with Crippen LogP contribution in [0.1, 0.15) is 21.6 Å². The Hall–Kier alpha value is -2.55. The molecule has 0 unspecified atom stereocenters. The summed E-state index contributed by atoms with van der Waals surface area (Å²) in [5, 5.41) is 1.89. The Morgan fingerprint density at radius 3 is 2.74 bits per heavy atom. The molecule has 0 atom stereocenters. The minimum atomic E-state index is -0.0811. The second-order valence-electron chi connectivity index (χ2n) is 4.40. The van der Waals surface area contributed by atoms with Crippen molar-refractivity contribution in [2.24, 2.45) is 0 Å². The number of nitrogens with zero attached hydrogens (tertiary/aromatic N) is 2. The van der Waals surface area contributed by atoms with Gasteiger partial charge < -0.3 is 0 Å². The Labute approximate surface area is 111 Å². The van der Waals surface area contributed by atoms with Gasteiger partial charge in [0.25, 0.3) is 0 Å². The maximum absolute atomic E-state index is 12.6. The molecule has 19 heavy (non-hydrogen) atoms. The van der Waals surface area contributed by atoms with Crippen LogP contribution in [0.4, 0.5) is 0 Å². The van der Waals surface area contributed by atoms with Gasteiger partial charge in [0.2, 0.25) is 5.78 Å². The zero-order valence-corrected chi connectivity index (χ0v) is 10.5. The van der Waals surface area contributed by atoms with E-state index >= 15 is 0 Å². The predicted octanol–water partition coefficient (Wildman–Crippen LogP) is 3.17. The molecule has 0 saturated carbocycles. The van der Waals surface area contributed by atoms with Crippen LogP contribution in [0.2, 0.25) is 0 Å². The quantitative estimate of drug-likeness (QED) is 0.654. The maximum atomic E-state index is 12.6. The van der Waals surface area contributed by atoms with Crippen molar-refractivity contribution in [2.75, 3.05) is 0 Å². The summed E-state index contributed by atoms with van der Waals surface area (Å²) in [6.07, 6.45) is 4.95. The molecule has 0 aliphatic rings. The smallest absolute Gasteiger partial charge is 0.213 e. The zero-order valence-electron chi connectivity index (χ0n) is 10.5. The Bertz CT molecular complexity index is 760. The van der Waals surface area contributed by atoms with Gasteiger partial charge in [0.1, 0.15) is 5.69 Å². The Morgan fingerprint density at radius 1 is 1.05 bits per heavy atom. The highest BCUT2D eigenvalue weighted by Crippen LogP contribution is 2.20. The van der Waals surface area contributed by atoms with Gasteiger partial charge in [-0.05, 0) is 30.0 Å². The van der Waals surface area contributed by atoms with E-state index in [4.69, 9.17) is 0 Å². The molecule has 0 amide bonds. The summed E-state index contributed by atoms with van der Waals surface area (Å²) >= 11 is 0. The van der Waals surface area contributed by atoms with E-state index in [9.17, 15) is 4.79 Å². The standard InChI is InChI=1S/C16H12N2O/c1-11-6-8-17-10-14(11)16(19)15-13-5-3-2-4-12(13)7-9-18-15/h2-10H,1H3. The van der Waals surface area contributed by atoms with Crippen molar-refractivity contribution in [1.82, 2.24) is 9.97 Å². The molecule has 0 fully saturated rings. The summed E-state index contributed by atoms with van der Waals surface area (Å²) in [6, 6.07) is 11.5. The van der Waals surface area contributed by atoms with E-state index in [1.54, 1.807) is 18.6 Å². The van der Waals surface area contributed by atoms with Crippen LogP contribution in [0.15, 0.2) is 55.0 Å². The average molecular weight is 248 g/mol. The molecule has 92 valence electrons. The molecule has 0 N–H and O–H groups in total. The number of aryl methyl sites for hydroxylation is 1. The largest absolute Gasteiger partial charge is 0.287 e. The summed E-state index contributed by atoms with van der Waals surface area (Å²) in [5.74, 6) is -0.0811. The number of ketones is 1. The average Bonchev–Trinajstić information content (AvgIpc) is 2.46. The molecule has 3 nitrogen and oxygen atoms in total. The number of fused-ring (bicyclic) bond motifs is 1. The number of carbonyl (C=O) groups is 1. The van der Waals surface area contributed by atoms with Crippen LogP contribution in [0.5, 0.6) is 0 Å². The topological polar surface area (TPSA) is 42.9 Å². The van der Waals surface area contributed by atoms with Gasteiger partial charge in [-0.2, -0.15) is 0 Å². The highest BCUT2D eigenvalue weighted by molar-refractivity contribution is 6.15. The molecule has 3 aromatic rings. The van der Waals surface area contributed by atoms with Crippen molar-refractivity contribution in [3.63, 3.8) is 0 Å². The first-order valence-electron chi connectivity index (χ1n) is 6.06. The number of hydrogen-bond acceptors (Lipinski definition) is 3. The molecule has 0 saturated heterocycles. The minimum absolute atomic E-state index is 0.0811. The van der Waals surface area contributed by atoms with Crippen LogP contribution >= 0.6 is 0 Å². The highest BCUT2D eigenvalue weighted by Gasteiger charge is 2.15. The number of pyridine rings is 2. The van der Waals surface area contributed by atoms with Gasteiger partial charge in [-0.15, -0.1) is 0 Å². The van der Waals surface area contributed by atoms with E-state index in [2.05, 4.69) is 9.97 Å². The molecule has 0 aliphatic carbocycles. The summed E-state index contributed by atoms with van der Waals surface area (Å²) in [5.41, 5.74) is 2.00. The lowest BCUT2D eigenvalue weighted by atomic mass is 10.0. The molecule has 3 heteroatoms. The van der Waals surface area contributed by atoms with E-state index in [0.29, 0.717) is 11.3 Å². The molecule has 0 spiro atoms. The van der Waals surface area contributed by atoms with Gasteiger partial charge in [0.05, 0.1) is 0 Å². The molecular weight excluding hydrogens is 236 g/mol. The van der Waals surface area contributed by atoms with Crippen molar-refractivity contribution in [2.45, 2.75) is 6.92 Å². The number of aromatic nitrogens is 2. The van der Waals surface area contributed by atoms with Crippen LogP contribution in [-0.2, 0) is 0 Å². The lowest BCUT2D eigenvalue weighted by Gasteiger charge is -2.06. The molecule has 0 bridgehead atoms. The second kappa shape index (κ2) is 4.61.